The van der Waals surface area contributed by atoms with Crippen LogP contribution in [-0.2, 0) is 10.1 Å². The molecule has 24 heavy (non-hydrogen) atoms. The molecule has 3 rings (SSSR count). The van der Waals surface area contributed by atoms with Gasteiger partial charge in [-0.3, -0.25) is 0 Å². The second kappa shape index (κ2) is 6.00. The SMILES string of the molecule is COc1cc2nc(-c3ccc(OS(C)(=O)=O)cc3OC)[nH]c2cn1. The van der Waals surface area contributed by atoms with Crippen molar-refractivity contribution in [3.05, 3.63) is 30.5 Å². The predicted octanol–water partition coefficient (Wildman–Crippen LogP) is 1.98. The molecule has 0 bridgehead atoms. The van der Waals surface area contributed by atoms with Crippen molar-refractivity contribution in [2.75, 3.05) is 20.5 Å². The Kier molecular flexibility index (Phi) is 4.02. The lowest BCUT2D eigenvalue weighted by Crippen LogP contribution is -2.05. The van der Waals surface area contributed by atoms with Gasteiger partial charge in [0.05, 0.1) is 43.3 Å². The standard InChI is InChI=1S/C15H15N3O5S/c1-21-13-6-9(23-24(3,19)20)4-5-10(13)15-17-11-7-14(22-2)16-8-12(11)18-15/h4-8H,1-3H3,(H,17,18). The minimum Gasteiger partial charge on any atom is -0.496 e. The highest BCUT2D eigenvalue weighted by atomic mass is 32.2. The van der Waals surface area contributed by atoms with Crippen LogP contribution in [0.25, 0.3) is 22.4 Å². The summed E-state index contributed by atoms with van der Waals surface area (Å²) in [5, 5.41) is 0. The Morgan fingerprint density at radius 1 is 1.12 bits per heavy atom. The van der Waals surface area contributed by atoms with E-state index in [4.69, 9.17) is 13.7 Å². The van der Waals surface area contributed by atoms with Crippen LogP contribution >= 0.6 is 0 Å². The maximum absolute atomic E-state index is 11.2. The van der Waals surface area contributed by atoms with Gasteiger partial charge in [0, 0.05) is 12.1 Å². The van der Waals surface area contributed by atoms with Gasteiger partial charge in [0.15, 0.2) is 0 Å². The Hall–Kier alpha value is -2.81. The number of rotatable bonds is 5. The van der Waals surface area contributed by atoms with Gasteiger partial charge in [0.25, 0.3) is 0 Å². The molecule has 0 saturated carbocycles. The van der Waals surface area contributed by atoms with Gasteiger partial charge in [0.1, 0.15) is 17.3 Å². The summed E-state index contributed by atoms with van der Waals surface area (Å²) in [5.74, 6) is 1.61. The number of aromatic nitrogens is 3. The maximum atomic E-state index is 11.2. The molecule has 9 heteroatoms. The van der Waals surface area contributed by atoms with Crippen molar-refractivity contribution in [2.24, 2.45) is 0 Å². The number of ether oxygens (including phenoxy) is 2. The number of pyridine rings is 1. The van der Waals surface area contributed by atoms with Crippen LogP contribution in [0.3, 0.4) is 0 Å². The Labute approximate surface area is 138 Å². The van der Waals surface area contributed by atoms with E-state index in [-0.39, 0.29) is 5.75 Å². The van der Waals surface area contributed by atoms with Crippen LogP contribution in [0.4, 0.5) is 0 Å². The quantitative estimate of drug-likeness (QED) is 0.702. The fourth-order valence-electron chi connectivity index (χ4n) is 2.22. The van der Waals surface area contributed by atoms with Crippen molar-refractivity contribution in [1.82, 2.24) is 15.0 Å². The summed E-state index contributed by atoms with van der Waals surface area (Å²) in [6.45, 7) is 0. The summed E-state index contributed by atoms with van der Waals surface area (Å²) in [6.07, 6.45) is 2.60. The highest BCUT2D eigenvalue weighted by Gasteiger charge is 2.14. The molecule has 0 unspecified atom stereocenters. The summed E-state index contributed by atoms with van der Waals surface area (Å²) in [4.78, 5) is 11.7. The number of benzene rings is 1. The molecule has 2 aromatic heterocycles. The Morgan fingerprint density at radius 2 is 1.92 bits per heavy atom. The van der Waals surface area contributed by atoms with Gasteiger partial charge in [-0.25, -0.2) is 9.97 Å². The number of methoxy groups -OCH3 is 2. The van der Waals surface area contributed by atoms with E-state index in [1.165, 1.54) is 26.4 Å². The highest BCUT2D eigenvalue weighted by molar-refractivity contribution is 7.86. The van der Waals surface area contributed by atoms with Crippen molar-refractivity contribution in [2.45, 2.75) is 0 Å². The van der Waals surface area contributed by atoms with Crippen molar-refractivity contribution < 1.29 is 22.1 Å². The van der Waals surface area contributed by atoms with Crippen LogP contribution in [0.1, 0.15) is 0 Å². The first-order chi connectivity index (χ1) is 11.4. The molecule has 3 aromatic rings. The lowest BCUT2D eigenvalue weighted by Gasteiger charge is -2.09. The van der Waals surface area contributed by atoms with E-state index in [0.717, 1.165) is 11.8 Å². The molecule has 0 amide bonds. The molecule has 126 valence electrons. The van der Waals surface area contributed by atoms with Crippen molar-refractivity contribution in [3.8, 4) is 28.8 Å². The number of H-pyrrole nitrogens is 1. The van der Waals surface area contributed by atoms with E-state index in [2.05, 4.69) is 15.0 Å². The third-order valence-electron chi connectivity index (χ3n) is 3.23. The van der Waals surface area contributed by atoms with Gasteiger partial charge in [-0.15, -0.1) is 0 Å². The van der Waals surface area contributed by atoms with E-state index in [1.807, 2.05) is 0 Å². The lowest BCUT2D eigenvalue weighted by atomic mass is 10.2. The number of nitrogens with one attached hydrogen (secondary N) is 1. The molecule has 2 heterocycles. The molecule has 0 aliphatic heterocycles. The molecule has 0 aliphatic carbocycles. The van der Waals surface area contributed by atoms with Gasteiger partial charge in [0.2, 0.25) is 5.88 Å². The Morgan fingerprint density at radius 3 is 2.58 bits per heavy atom. The zero-order valence-electron chi connectivity index (χ0n) is 13.2. The molecule has 1 N–H and O–H groups in total. The monoisotopic (exact) mass is 349 g/mol. The van der Waals surface area contributed by atoms with Gasteiger partial charge >= 0.3 is 10.1 Å². The molecular weight excluding hydrogens is 334 g/mol. The van der Waals surface area contributed by atoms with E-state index < -0.39 is 10.1 Å². The zero-order chi connectivity index (χ0) is 17.3. The average molecular weight is 349 g/mol. The van der Waals surface area contributed by atoms with Crippen LogP contribution in [-0.4, -0.2) is 43.8 Å². The first kappa shape index (κ1) is 16.1. The molecule has 0 fully saturated rings. The predicted molar refractivity (Wildman–Crippen MR) is 87.9 cm³/mol. The third kappa shape index (κ3) is 3.25. The second-order valence-corrected chi connectivity index (χ2v) is 6.55. The summed E-state index contributed by atoms with van der Waals surface area (Å²) in [5.41, 5.74) is 2.09. The molecule has 0 atom stereocenters. The first-order valence-electron chi connectivity index (χ1n) is 6.87. The fourth-order valence-corrected chi connectivity index (χ4v) is 2.68. The highest BCUT2D eigenvalue weighted by Crippen LogP contribution is 2.33. The summed E-state index contributed by atoms with van der Waals surface area (Å²) >= 11 is 0. The maximum Gasteiger partial charge on any atom is 0.306 e. The minimum atomic E-state index is -3.61. The number of nitrogens with zero attached hydrogens (tertiary/aromatic N) is 2. The number of hydrogen-bond donors (Lipinski definition) is 1. The van der Waals surface area contributed by atoms with E-state index >= 15 is 0 Å². The van der Waals surface area contributed by atoms with E-state index in [9.17, 15) is 8.42 Å². The van der Waals surface area contributed by atoms with Gasteiger partial charge < -0.3 is 18.6 Å². The number of imidazole rings is 1. The summed E-state index contributed by atoms with van der Waals surface area (Å²) < 4.78 is 37.7. The van der Waals surface area contributed by atoms with Crippen LogP contribution in [0.2, 0.25) is 0 Å². The fraction of sp³-hybridized carbons (Fsp3) is 0.200. The van der Waals surface area contributed by atoms with E-state index in [1.54, 1.807) is 18.3 Å². The van der Waals surface area contributed by atoms with Crippen LogP contribution < -0.4 is 13.7 Å². The van der Waals surface area contributed by atoms with E-state index in [0.29, 0.717) is 28.5 Å². The van der Waals surface area contributed by atoms with Crippen molar-refractivity contribution in [3.63, 3.8) is 0 Å². The second-order valence-electron chi connectivity index (χ2n) is 4.98. The van der Waals surface area contributed by atoms with Crippen LogP contribution in [0.15, 0.2) is 30.5 Å². The Balaban J connectivity index is 2.05. The molecule has 0 spiro atoms. The van der Waals surface area contributed by atoms with Crippen LogP contribution in [0, 0.1) is 0 Å². The number of hydrogen-bond acceptors (Lipinski definition) is 7. The van der Waals surface area contributed by atoms with Gasteiger partial charge in [-0.05, 0) is 12.1 Å². The molecule has 8 nitrogen and oxygen atoms in total. The molecule has 0 radical (unpaired) electrons. The minimum absolute atomic E-state index is 0.164. The summed E-state index contributed by atoms with van der Waals surface area (Å²) in [6, 6.07) is 6.40. The van der Waals surface area contributed by atoms with Crippen molar-refractivity contribution in [1.29, 1.82) is 0 Å². The zero-order valence-corrected chi connectivity index (χ0v) is 14.0. The molecule has 0 aliphatic rings. The third-order valence-corrected chi connectivity index (χ3v) is 3.72. The molecule has 1 aromatic carbocycles. The summed E-state index contributed by atoms with van der Waals surface area (Å²) in [7, 11) is -0.594. The average Bonchev–Trinajstić information content (AvgIpc) is 2.95. The van der Waals surface area contributed by atoms with Crippen LogP contribution in [0.5, 0.6) is 17.4 Å². The number of aromatic amines is 1. The lowest BCUT2D eigenvalue weighted by molar-refractivity contribution is 0.398. The van der Waals surface area contributed by atoms with Crippen molar-refractivity contribution >= 4 is 21.2 Å². The van der Waals surface area contributed by atoms with Gasteiger partial charge in [-0.2, -0.15) is 8.42 Å². The largest absolute Gasteiger partial charge is 0.496 e. The van der Waals surface area contributed by atoms with Gasteiger partial charge in [-0.1, -0.05) is 0 Å². The number of fused-ring (bicyclic) bond motifs is 1. The molecular formula is C15H15N3O5S. The normalized spacial score (nSPS) is 11.5. The Bertz CT molecular complexity index is 998. The first-order valence-corrected chi connectivity index (χ1v) is 8.69. The topological polar surface area (TPSA) is 103 Å². The molecule has 0 saturated heterocycles. The smallest absolute Gasteiger partial charge is 0.306 e.